The molecule has 4 rings (SSSR count). The summed E-state index contributed by atoms with van der Waals surface area (Å²) in [5.41, 5.74) is 1.34. The number of aliphatic hydroxyl groups is 1. The Kier molecular flexibility index (Phi) is 7.53. The molecule has 0 aliphatic carbocycles. The summed E-state index contributed by atoms with van der Waals surface area (Å²) in [7, 11) is 1.56. The van der Waals surface area contributed by atoms with E-state index in [1.807, 2.05) is 31.2 Å². The summed E-state index contributed by atoms with van der Waals surface area (Å²) in [6, 6.07) is 13.6. The van der Waals surface area contributed by atoms with Crippen molar-refractivity contribution >= 4 is 17.4 Å². The second-order valence-corrected chi connectivity index (χ2v) is 8.69. The highest BCUT2D eigenvalue weighted by molar-refractivity contribution is 6.46. The highest BCUT2D eigenvalue weighted by Crippen LogP contribution is 2.40. The monoisotopic (exact) mass is 464 g/mol. The van der Waals surface area contributed by atoms with Crippen molar-refractivity contribution in [2.75, 3.05) is 39.9 Å². The van der Waals surface area contributed by atoms with Crippen LogP contribution in [-0.4, -0.2) is 66.5 Å². The summed E-state index contributed by atoms with van der Waals surface area (Å²) in [6.07, 6.45) is 3.21. The summed E-state index contributed by atoms with van der Waals surface area (Å²) in [4.78, 5) is 30.2. The standard InChI is InChI=1S/C27H32N2O5/c1-3-18-34-22-12-6-19(7-13-22)24-23(25(30)20-8-10-21(33-2)11-9-20)26(31)27(32)29(24)17-16-28-14-4-5-15-28/h6-13,24,30H,3-5,14-18H2,1-2H3/b25-23+. The van der Waals surface area contributed by atoms with E-state index in [4.69, 9.17) is 9.47 Å². The summed E-state index contributed by atoms with van der Waals surface area (Å²) < 4.78 is 10.9. The molecule has 2 aromatic carbocycles. The van der Waals surface area contributed by atoms with E-state index in [-0.39, 0.29) is 11.3 Å². The number of rotatable bonds is 9. The number of methoxy groups -OCH3 is 1. The van der Waals surface area contributed by atoms with Crippen LogP contribution in [0.3, 0.4) is 0 Å². The summed E-state index contributed by atoms with van der Waals surface area (Å²) in [5.74, 6) is -0.0470. The molecule has 7 heteroatoms. The van der Waals surface area contributed by atoms with E-state index in [0.717, 1.165) is 43.7 Å². The number of ketones is 1. The third-order valence-electron chi connectivity index (χ3n) is 6.43. The molecule has 0 bridgehead atoms. The lowest BCUT2D eigenvalue weighted by Gasteiger charge is -2.27. The second-order valence-electron chi connectivity index (χ2n) is 8.69. The van der Waals surface area contributed by atoms with Crippen molar-refractivity contribution in [2.24, 2.45) is 0 Å². The molecule has 2 aromatic rings. The van der Waals surface area contributed by atoms with E-state index in [1.54, 1.807) is 36.3 Å². The van der Waals surface area contributed by atoms with Crippen molar-refractivity contribution < 1.29 is 24.2 Å². The minimum absolute atomic E-state index is 0.110. The van der Waals surface area contributed by atoms with Gasteiger partial charge in [0.05, 0.1) is 25.3 Å². The maximum Gasteiger partial charge on any atom is 0.295 e. The Labute approximate surface area is 200 Å². The summed E-state index contributed by atoms with van der Waals surface area (Å²) in [6.45, 7) is 5.78. The summed E-state index contributed by atoms with van der Waals surface area (Å²) in [5, 5.41) is 11.2. The number of nitrogens with zero attached hydrogens (tertiary/aromatic N) is 2. The number of hydrogen-bond acceptors (Lipinski definition) is 6. The molecule has 0 radical (unpaired) electrons. The number of Topliss-reactive ketones (excluding diaryl/α,β-unsaturated/α-hetero) is 1. The maximum absolute atomic E-state index is 13.2. The van der Waals surface area contributed by atoms with Gasteiger partial charge >= 0.3 is 0 Å². The zero-order chi connectivity index (χ0) is 24.1. The average Bonchev–Trinajstić information content (AvgIpc) is 3.48. The van der Waals surface area contributed by atoms with Gasteiger partial charge in [-0.1, -0.05) is 19.1 Å². The number of likely N-dealkylation sites (tertiary alicyclic amines) is 2. The number of carbonyl (C=O) groups is 2. The fourth-order valence-electron chi connectivity index (χ4n) is 4.58. The number of carbonyl (C=O) groups excluding carboxylic acids is 2. The first-order chi connectivity index (χ1) is 16.5. The molecule has 1 N–H and O–H groups in total. The zero-order valence-corrected chi connectivity index (χ0v) is 19.8. The minimum Gasteiger partial charge on any atom is -0.507 e. The molecule has 2 aliphatic rings. The lowest BCUT2D eigenvalue weighted by atomic mass is 9.95. The van der Waals surface area contributed by atoms with Crippen LogP contribution in [0.25, 0.3) is 5.76 Å². The molecule has 0 spiro atoms. The molecule has 1 atom stereocenters. The van der Waals surface area contributed by atoms with Crippen LogP contribution in [-0.2, 0) is 9.59 Å². The average molecular weight is 465 g/mol. The maximum atomic E-state index is 13.2. The van der Waals surface area contributed by atoms with E-state index in [2.05, 4.69) is 4.90 Å². The van der Waals surface area contributed by atoms with Gasteiger partial charge in [-0.3, -0.25) is 9.59 Å². The lowest BCUT2D eigenvalue weighted by molar-refractivity contribution is -0.140. The lowest BCUT2D eigenvalue weighted by Crippen LogP contribution is -2.37. The number of amides is 1. The van der Waals surface area contributed by atoms with Gasteiger partial charge in [-0.05, 0) is 74.3 Å². The smallest absolute Gasteiger partial charge is 0.295 e. The summed E-state index contributed by atoms with van der Waals surface area (Å²) >= 11 is 0. The van der Waals surface area contributed by atoms with Crippen molar-refractivity contribution in [1.82, 2.24) is 9.80 Å². The highest BCUT2D eigenvalue weighted by atomic mass is 16.5. The molecular weight excluding hydrogens is 432 g/mol. The van der Waals surface area contributed by atoms with E-state index < -0.39 is 17.7 Å². The van der Waals surface area contributed by atoms with Crippen LogP contribution >= 0.6 is 0 Å². The van der Waals surface area contributed by atoms with Crippen molar-refractivity contribution in [3.8, 4) is 11.5 Å². The molecule has 0 saturated carbocycles. The van der Waals surface area contributed by atoms with Crippen molar-refractivity contribution in [2.45, 2.75) is 32.2 Å². The van der Waals surface area contributed by atoms with Crippen LogP contribution in [0.4, 0.5) is 0 Å². The first-order valence-electron chi connectivity index (χ1n) is 11.9. The van der Waals surface area contributed by atoms with Gasteiger partial charge in [-0.25, -0.2) is 0 Å². The number of hydrogen-bond donors (Lipinski definition) is 1. The minimum atomic E-state index is -0.662. The van der Waals surface area contributed by atoms with Gasteiger partial charge in [0.25, 0.3) is 11.7 Å². The largest absolute Gasteiger partial charge is 0.507 e. The molecule has 1 amide bonds. The first kappa shape index (κ1) is 23.8. The zero-order valence-electron chi connectivity index (χ0n) is 19.8. The van der Waals surface area contributed by atoms with E-state index in [1.165, 1.54) is 0 Å². The van der Waals surface area contributed by atoms with Crippen molar-refractivity contribution in [3.63, 3.8) is 0 Å². The molecular formula is C27H32N2O5. The van der Waals surface area contributed by atoms with Crippen LogP contribution in [0.5, 0.6) is 11.5 Å². The van der Waals surface area contributed by atoms with Gasteiger partial charge in [-0.2, -0.15) is 0 Å². The Morgan fingerprint density at radius 1 is 0.971 bits per heavy atom. The predicted molar refractivity (Wildman–Crippen MR) is 130 cm³/mol. The third kappa shape index (κ3) is 4.94. The molecule has 2 saturated heterocycles. The van der Waals surface area contributed by atoms with E-state index in [9.17, 15) is 14.7 Å². The van der Waals surface area contributed by atoms with Gasteiger partial charge in [-0.15, -0.1) is 0 Å². The van der Waals surface area contributed by atoms with Crippen LogP contribution in [0.1, 0.15) is 43.4 Å². The number of ether oxygens (including phenoxy) is 2. The Morgan fingerprint density at radius 3 is 2.24 bits per heavy atom. The molecule has 1 unspecified atom stereocenters. The molecule has 2 aliphatic heterocycles. The quantitative estimate of drug-likeness (QED) is 0.343. The number of benzene rings is 2. The SMILES string of the molecule is CCCOc1ccc(C2/C(=C(\O)c3ccc(OC)cc3)C(=O)C(=O)N2CCN2CCCC2)cc1. The molecule has 34 heavy (non-hydrogen) atoms. The highest BCUT2D eigenvalue weighted by Gasteiger charge is 2.46. The Bertz CT molecular complexity index is 1040. The molecule has 7 nitrogen and oxygen atoms in total. The molecule has 180 valence electrons. The van der Waals surface area contributed by atoms with Gasteiger partial charge in [0.15, 0.2) is 0 Å². The van der Waals surface area contributed by atoms with Crippen molar-refractivity contribution in [1.29, 1.82) is 0 Å². The molecule has 2 heterocycles. The van der Waals surface area contributed by atoms with Gasteiger partial charge in [0.1, 0.15) is 17.3 Å². The first-order valence-corrected chi connectivity index (χ1v) is 11.9. The normalized spacial score (nSPS) is 20.2. The Balaban J connectivity index is 1.71. The van der Waals surface area contributed by atoms with Gasteiger partial charge < -0.3 is 24.4 Å². The van der Waals surface area contributed by atoms with Crippen LogP contribution < -0.4 is 9.47 Å². The third-order valence-corrected chi connectivity index (χ3v) is 6.43. The topological polar surface area (TPSA) is 79.3 Å². The van der Waals surface area contributed by atoms with Crippen LogP contribution in [0.15, 0.2) is 54.1 Å². The van der Waals surface area contributed by atoms with Gasteiger partial charge in [0, 0.05) is 18.7 Å². The van der Waals surface area contributed by atoms with Crippen molar-refractivity contribution in [3.05, 3.63) is 65.2 Å². The molecule has 2 fully saturated rings. The predicted octanol–water partition coefficient (Wildman–Crippen LogP) is 4.00. The number of aliphatic hydroxyl groups excluding tert-OH is 1. The Hall–Kier alpha value is -3.32. The van der Waals surface area contributed by atoms with E-state index >= 15 is 0 Å². The second kappa shape index (κ2) is 10.7. The van der Waals surface area contributed by atoms with E-state index in [0.29, 0.717) is 31.0 Å². The van der Waals surface area contributed by atoms with Gasteiger partial charge in [0.2, 0.25) is 0 Å². The Morgan fingerprint density at radius 2 is 1.62 bits per heavy atom. The van der Waals surface area contributed by atoms with Crippen LogP contribution in [0.2, 0.25) is 0 Å². The van der Waals surface area contributed by atoms with Crippen LogP contribution in [0, 0.1) is 0 Å². The molecule has 0 aromatic heterocycles. The fraction of sp³-hybridized carbons (Fsp3) is 0.407. The fourth-order valence-corrected chi connectivity index (χ4v) is 4.58.